The molecule has 0 radical (unpaired) electrons. The number of ether oxygens (including phenoxy) is 3. The highest BCUT2D eigenvalue weighted by atomic mass is 19.4. The summed E-state index contributed by atoms with van der Waals surface area (Å²) in [5.74, 6) is -1.27. The lowest BCUT2D eigenvalue weighted by Crippen LogP contribution is -2.17. The van der Waals surface area contributed by atoms with Gasteiger partial charge in [0.25, 0.3) is 5.91 Å². The molecule has 1 amide bonds. The predicted octanol–water partition coefficient (Wildman–Crippen LogP) is 4.66. The molecule has 2 aromatic carbocycles. The summed E-state index contributed by atoms with van der Waals surface area (Å²) in [6, 6.07) is 9.73. The Labute approximate surface area is 148 Å². The van der Waals surface area contributed by atoms with Crippen molar-refractivity contribution in [1.29, 1.82) is 0 Å². The lowest BCUT2D eigenvalue weighted by molar-refractivity contribution is -0.275. The van der Waals surface area contributed by atoms with Gasteiger partial charge in [0, 0.05) is 0 Å². The minimum absolute atomic E-state index is 0.0654. The Morgan fingerprint density at radius 3 is 2.31 bits per heavy atom. The number of hydrogen-bond donors (Lipinski definition) is 1. The Bertz CT molecular complexity index is 762. The number of benzene rings is 2. The lowest BCUT2D eigenvalue weighted by atomic mass is 10.1. The van der Waals surface area contributed by atoms with E-state index in [2.05, 4.69) is 4.74 Å². The molecule has 0 spiro atoms. The number of amides is 1. The van der Waals surface area contributed by atoms with Crippen LogP contribution in [0.1, 0.15) is 30.1 Å². The first kappa shape index (κ1) is 19.4. The standard InChI is InChI=1S/C18H18F3NO4/c1-2-3-11-24-16-12(17(22)23)7-6-10-15(16)25-13-8-4-5-9-14(13)26-18(19,20)21/h4-10H,2-3,11H2,1H3,(H2,22,23). The molecule has 2 aromatic rings. The van der Waals surface area contributed by atoms with Gasteiger partial charge in [-0.25, -0.2) is 0 Å². The number of hydrogen-bond acceptors (Lipinski definition) is 4. The summed E-state index contributed by atoms with van der Waals surface area (Å²) in [4.78, 5) is 11.6. The zero-order chi connectivity index (χ0) is 19.2. The van der Waals surface area contributed by atoms with E-state index >= 15 is 0 Å². The Morgan fingerprint density at radius 2 is 1.69 bits per heavy atom. The number of alkyl halides is 3. The van der Waals surface area contributed by atoms with Gasteiger partial charge in [-0.1, -0.05) is 31.5 Å². The fourth-order valence-corrected chi connectivity index (χ4v) is 2.12. The average molecular weight is 369 g/mol. The van der Waals surface area contributed by atoms with E-state index in [9.17, 15) is 18.0 Å². The van der Waals surface area contributed by atoms with Crippen LogP contribution in [-0.2, 0) is 0 Å². The predicted molar refractivity (Wildman–Crippen MR) is 88.6 cm³/mol. The largest absolute Gasteiger partial charge is 0.573 e. The van der Waals surface area contributed by atoms with Crippen LogP contribution in [0.2, 0.25) is 0 Å². The molecule has 0 saturated heterocycles. The quantitative estimate of drug-likeness (QED) is 0.687. The van der Waals surface area contributed by atoms with Gasteiger partial charge in [-0.3, -0.25) is 4.79 Å². The molecule has 0 aliphatic rings. The fourth-order valence-electron chi connectivity index (χ4n) is 2.12. The van der Waals surface area contributed by atoms with Gasteiger partial charge in [-0.05, 0) is 30.7 Å². The molecule has 140 valence electrons. The zero-order valence-electron chi connectivity index (χ0n) is 14.0. The van der Waals surface area contributed by atoms with Gasteiger partial charge >= 0.3 is 6.36 Å². The molecule has 5 nitrogen and oxygen atoms in total. The second-order valence-corrected chi connectivity index (χ2v) is 5.30. The van der Waals surface area contributed by atoms with Crippen molar-refractivity contribution in [3.63, 3.8) is 0 Å². The number of halogens is 3. The van der Waals surface area contributed by atoms with Crippen LogP contribution in [0.4, 0.5) is 13.2 Å². The first-order valence-electron chi connectivity index (χ1n) is 7.90. The van der Waals surface area contributed by atoms with Gasteiger partial charge in [0.15, 0.2) is 23.0 Å². The number of carbonyl (C=O) groups is 1. The average Bonchev–Trinajstić information content (AvgIpc) is 2.56. The maximum absolute atomic E-state index is 12.6. The molecule has 0 bridgehead atoms. The second kappa shape index (κ2) is 8.46. The van der Waals surface area contributed by atoms with Crippen molar-refractivity contribution >= 4 is 5.91 Å². The van der Waals surface area contributed by atoms with Crippen LogP contribution in [0, 0.1) is 0 Å². The monoisotopic (exact) mass is 369 g/mol. The maximum Gasteiger partial charge on any atom is 0.573 e. The van der Waals surface area contributed by atoms with Crippen LogP contribution in [0.15, 0.2) is 42.5 Å². The van der Waals surface area contributed by atoms with Crippen molar-refractivity contribution in [3.05, 3.63) is 48.0 Å². The van der Waals surface area contributed by atoms with Crippen LogP contribution < -0.4 is 19.9 Å². The fraction of sp³-hybridized carbons (Fsp3) is 0.278. The molecule has 0 unspecified atom stereocenters. The zero-order valence-corrected chi connectivity index (χ0v) is 14.0. The minimum Gasteiger partial charge on any atom is -0.489 e. The highest BCUT2D eigenvalue weighted by molar-refractivity contribution is 5.96. The topological polar surface area (TPSA) is 70.8 Å². The maximum atomic E-state index is 12.6. The molecule has 0 heterocycles. The highest BCUT2D eigenvalue weighted by Crippen LogP contribution is 2.39. The smallest absolute Gasteiger partial charge is 0.489 e. The van der Waals surface area contributed by atoms with Crippen molar-refractivity contribution in [1.82, 2.24) is 0 Å². The summed E-state index contributed by atoms with van der Waals surface area (Å²) in [5.41, 5.74) is 5.42. The van der Waals surface area contributed by atoms with Crippen LogP contribution in [0.5, 0.6) is 23.0 Å². The number of carbonyl (C=O) groups excluding carboxylic acids is 1. The van der Waals surface area contributed by atoms with Gasteiger partial charge in [0.1, 0.15) is 0 Å². The molecule has 0 saturated carbocycles. The molecule has 2 rings (SSSR count). The molecule has 26 heavy (non-hydrogen) atoms. The van der Waals surface area contributed by atoms with Crippen LogP contribution in [0.25, 0.3) is 0 Å². The van der Waals surface area contributed by atoms with Crippen molar-refractivity contribution in [2.75, 3.05) is 6.61 Å². The molecule has 0 atom stereocenters. The molecule has 0 aliphatic carbocycles. The van der Waals surface area contributed by atoms with Crippen molar-refractivity contribution in [3.8, 4) is 23.0 Å². The Kier molecular flexibility index (Phi) is 6.32. The first-order chi connectivity index (χ1) is 12.3. The number of nitrogens with two attached hydrogens (primary N) is 1. The summed E-state index contributed by atoms with van der Waals surface area (Å²) >= 11 is 0. The summed E-state index contributed by atoms with van der Waals surface area (Å²) in [6.07, 6.45) is -3.29. The molecule has 0 aromatic heterocycles. The van der Waals surface area contributed by atoms with E-state index in [1.54, 1.807) is 0 Å². The molecule has 8 heteroatoms. The Balaban J connectivity index is 2.37. The van der Waals surface area contributed by atoms with E-state index in [-0.39, 0.29) is 22.8 Å². The third-order valence-electron chi connectivity index (χ3n) is 3.28. The molecular formula is C18H18F3NO4. The van der Waals surface area contributed by atoms with Crippen molar-refractivity contribution < 1.29 is 32.2 Å². The van der Waals surface area contributed by atoms with Gasteiger partial charge in [-0.2, -0.15) is 0 Å². The van der Waals surface area contributed by atoms with E-state index in [0.717, 1.165) is 18.9 Å². The summed E-state index contributed by atoms with van der Waals surface area (Å²) in [7, 11) is 0. The Hall–Kier alpha value is -2.90. The number of rotatable bonds is 8. The molecular weight excluding hydrogens is 351 g/mol. The lowest BCUT2D eigenvalue weighted by Gasteiger charge is -2.17. The summed E-state index contributed by atoms with van der Waals surface area (Å²) in [6.45, 7) is 2.27. The molecule has 0 aliphatic heterocycles. The third-order valence-corrected chi connectivity index (χ3v) is 3.28. The third kappa shape index (κ3) is 5.30. The van der Waals surface area contributed by atoms with Crippen LogP contribution >= 0.6 is 0 Å². The van der Waals surface area contributed by atoms with E-state index in [1.165, 1.54) is 36.4 Å². The first-order valence-corrected chi connectivity index (χ1v) is 7.90. The van der Waals surface area contributed by atoms with Crippen LogP contribution in [0.3, 0.4) is 0 Å². The normalized spacial score (nSPS) is 11.1. The Morgan fingerprint density at radius 1 is 1.04 bits per heavy atom. The van der Waals surface area contributed by atoms with Crippen molar-refractivity contribution in [2.24, 2.45) is 5.73 Å². The molecule has 0 fully saturated rings. The number of unbranched alkanes of at least 4 members (excludes halogenated alkanes) is 1. The number of para-hydroxylation sites is 3. The van der Waals surface area contributed by atoms with Crippen molar-refractivity contribution in [2.45, 2.75) is 26.1 Å². The van der Waals surface area contributed by atoms with Gasteiger partial charge in [-0.15, -0.1) is 13.2 Å². The second-order valence-electron chi connectivity index (χ2n) is 5.30. The minimum atomic E-state index is -4.87. The summed E-state index contributed by atoms with van der Waals surface area (Å²) in [5, 5.41) is 0. The van der Waals surface area contributed by atoms with Gasteiger partial charge in [0.05, 0.1) is 12.2 Å². The number of primary amides is 1. The van der Waals surface area contributed by atoms with E-state index in [0.29, 0.717) is 6.61 Å². The van der Waals surface area contributed by atoms with E-state index in [1.807, 2.05) is 6.92 Å². The van der Waals surface area contributed by atoms with Gasteiger partial charge in [0.2, 0.25) is 0 Å². The summed E-state index contributed by atoms with van der Waals surface area (Å²) < 4.78 is 52.8. The highest BCUT2D eigenvalue weighted by Gasteiger charge is 2.32. The molecule has 2 N–H and O–H groups in total. The van der Waals surface area contributed by atoms with E-state index < -0.39 is 18.0 Å². The van der Waals surface area contributed by atoms with Crippen LogP contribution in [-0.4, -0.2) is 18.9 Å². The van der Waals surface area contributed by atoms with E-state index in [4.69, 9.17) is 15.2 Å². The van der Waals surface area contributed by atoms with Gasteiger partial charge < -0.3 is 19.9 Å². The SMILES string of the molecule is CCCCOc1c(Oc2ccccc2OC(F)(F)F)cccc1C(N)=O.